The minimum absolute atomic E-state index is 0.0396. The van der Waals surface area contributed by atoms with Crippen LogP contribution < -0.4 is 4.90 Å². The first-order chi connectivity index (χ1) is 15.3. The van der Waals surface area contributed by atoms with Gasteiger partial charge in [0.1, 0.15) is 17.5 Å². The molecule has 1 aliphatic rings. The number of carbonyl (C=O) groups is 3. The molecule has 0 radical (unpaired) electrons. The zero-order valence-corrected chi connectivity index (χ0v) is 19.0. The number of fused-ring (bicyclic) bond motifs is 3. The largest absolute Gasteiger partial charge is 0.465 e. The summed E-state index contributed by atoms with van der Waals surface area (Å²) in [6, 6.07) is 8.51. The number of esters is 1. The molecule has 1 saturated carbocycles. The molecule has 1 fully saturated rings. The molecular formula is C26H29NO5. The Kier molecular flexibility index (Phi) is 6.04. The predicted octanol–water partition coefficient (Wildman–Crippen LogP) is 5.75. The van der Waals surface area contributed by atoms with Crippen LogP contribution in [0.4, 0.5) is 5.69 Å². The highest BCUT2D eigenvalue weighted by Crippen LogP contribution is 2.38. The van der Waals surface area contributed by atoms with Gasteiger partial charge in [-0.05, 0) is 75.8 Å². The molecule has 4 rings (SSSR count). The molecule has 1 amide bonds. The number of hydrogen-bond acceptors (Lipinski definition) is 5. The molecule has 32 heavy (non-hydrogen) atoms. The van der Waals surface area contributed by atoms with E-state index in [-0.39, 0.29) is 17.9 Å². The summed E-state index contributed by atoms with van der Waals surface area (Å²) in [5.41, 5.74) is 2.46. The first-order valence-corrected chi connectivity index (χ1v) is 11.2. The van der Waals surface area contributed by atoms with Gasteiger partial charge in [-0.25, -0.2) is 4.79 Å². The summed E-state index contributed by atoms with van der Waals surface area (Å²) in [6.07, 6.45) is 4.57. The van der Waals surface area contributed by atoms with E-state index in [2.05, 4.69) is 6.92 Å². The van der Waals surface area contributed by atoms with Crippen molar-refractivity contribution in [2.45, 2.75) is 52.5 Å². The standard InChI is InChI=1S/C26H29NO5/c1-15(2)27(25(29)18-8-5-16(3)6-9-18)22-12-20-19-11-17(14-28)7-10-23(19)32-24(20)13-21(22)26(30)31-4/h7,10-16,18H,5-6,8-9H2,1-4H3/t16-,18-. The number of nitrogens with zero attached hydrogens (tertiary/aromatic N) is 1. The fourth-order valence-corrected chi connectivity index (χ4v) is 4.73. The molecule has 6 heteroatoms. The Balaban J connectivity index is 1.90. The molecule has 0 spiro atoms. The molecule has 2 aromatic carbocycles. The van der Waals surface area contributed by atoms with Gasteiger partial charge in [0.05, 0.1) is 18.4 Å². The average molecular weight is 436 g/mol. The number of methoxy groups -OCH3 is 1. The Morgan fingerprint density at radius 1 is 1.06 bits per heavy atom. The maximum atomic E-state index is 13.7. The fraction of sp³-hybridized carbons (Fsp3) is 0.423. The topological polar surface area (TPSA) is 76.8 Å². The minimum atomic E-state index is -0.522. The van der Waals surface area contributed by atoms with Crippen molar-refractivity contribution in [3.63, 3.8) is 0 Å². The lowest BCUT2D eigenvalue weighted by Crippen LogP contribution is -2.43. The van der Waals surface area contributed by atoms with Crippen LogP contribution >= 0.6 is 0 Å². The van der Waals surface area contributed by atoms with Crippen LogP contribution in [0.3, 0.4) is 0 Å². The molecule has 1 aromatic heterocycles. The number of hydrogen-bond donors (Lipinski definition) is 0. The quantitative estimate of drug-likeness (QED) is 0.376. The molecule has 0 N–H and O–H groups in total. The van der Waals surface area contributed by atoms with E-state index >= 15 is 0 Å². The second kappa shape index (κ2) is 8.77. The lowest BCUT2D eigenvalue weighted by atomic mass is 9.82. The van der Waals surface area contributed by atoms with Crippen LogP contribution in [-0.2, 0) is 9.53 Å². The van der Waals surface area contributed by atoms with Crippen LogP contribution in [-0.4, -0.2) is 31.3 Å². The van der Waals surface area contributed by atoms with Crippen molar-refractivity contribution in [2.75, 3.05) is 12.0 Å². The van der Waals surface area contributed by atoms with E-state index in [1.165, 1.54) is 7.11 Å². The van der Waals surface area contributed by atoms with Crippen molar-refractivity contribution in [3.8, 4) is 0 Å². The maximum absolute atomic E-state index is 13.7. The van der Waals surface area contributed by atoms with Crippen molar-refractivity contribution in [1.82, 2.24) is 0 Å². The maximum Gasteiger partial charge on any atom is 0.340 e. The van der Waals surface area contributed by atoms with Crippen molar-refractivity contribution >= 4 is 45.8 Å². The van der Waals surface area contributed by atoms with Gasteiger partial charge < -0.3 is 14.1 Å². The number of carbonyl (C=O) groups excluding carboxylic acids is 3. The summed E-state index contributed by atoms with van der Waals surface area (Å²) < 4.78 is 11.0. The van der Waals surface area contributed by atoms with Crippen LogP contribution in [0.15, 0.2) is 34.7 Å². The zero-order chi connectivity index (χ0) is 23.0. The number of aldehydes is 1. The fourth-order valence-electron chi connectivity index (χ4n) is 4.73. The van der Waals surface area contributed by atoms with Crippen molar-refractivity contribution in [3.05, 3.63) is 41.5 Å². The Morgan fingerprint density at radius 3 is 2.38 bits per heavy atom. The molecule has 0 saturated heterocycles. The molecule has 0 aliphatic heterocycles. The minimum Gasteiger partial charge on any atom is -0.465 e. The van der Waals surface area contributed by atoms with Crippen LogP contribution in [0, 0.1) is 11.8 Å². The Labute approximate surface area is 187 Å². The van der Waals surface area contributed by atoms with Gasteiger partial charge in [0.2, 0.25) is 5.91 Å². The van der Waals surface area contributed by atoms with E-state index in [0.717, 1.165) is 42.7 Å². The van der Waals surface area contributed by atoms with Crippen molar-refractivity contribution in [2.24, 2.45) is 11.8 Å². The molecule has 6 nitrogen and oxygen atoms in total. The third-order valence-corrected chi connectivity index (χ3v) is 6.53. The third kappa shape index (κ3) is 3.90. The lowest BCUT2D eigenvalue weighted by molar-refractivity contribution is -0.123. The second-order valence-corrected chi connectivity index (χ2v) is 9.09. The molecule has 0 atom stereocenters. The van der Waals surface area contributed by atoms with E-state index in [9.17, 15) is 14.4 Å². The normalized spacial score (nSPS) is 18.8. The van der Waals surface area contributed by atoms with E-state index in [1.807, 2.05) is 19.9 Å². The van der Waals surface area contributed by atoms with Crippen molar-refractivity contribution in [1.29, 1.82) is 0 Å². The van der Waals surface area contributed by atoms with Crippen LogP contribution in [0.1, 0.15) is 67.2 Å². The van der Waals surface area contributed by atoms with Gasteiger partial charge in [0.25, 0.3) is 0 Å². The third-order valence-electron chi connectivity index (χ3n) is 6.53. The van der Waals surface area contributed by atoms with Crippen LogP contribution in [0.25, 0.3) is 21.9 Å². The smallest absolute Gasteiger partial charge is 0.340 e. The Hall–Kier alpha value is -3.15. The SMILES string of the molecule is COC(=O)c1cc2oc3ccc(C=O)cc3c2cc1N(C(=O)[C@H]1CC[C@H](C)CC1)C(C)C. The van der Waals surface area contributed by atoms with E-state index in [1.54, 1.807) is 29.2 Å². The van der Waals surface area contributed by atoms with Gasteiger partial charge in [-0.2, -0.15) is 0 Å². The summed E-state index contributed by atoms with van der Waals surface area (Å²) in [4.78, 5) is 39.4. The van der Waals surface area contributed by atoms with Gasteiger partial charge in [-0.1, -0.05) is 6.92 Å². The van der Waals surface area contributed by atoms with Gasteiger partial charge in [-0.15, -0.1) is 0 Å². The molecule has 1 heterocycles. The highest BCUT2D eigenvalue weighted by atomic mass is 16.5. The number of furan rings is 1. The van der Waals surface area contributed by atoms with E-state index in [4.69, 9.17) is 9.15 Å². The first kappa shape index (κ1) is 22.1. The molecular weight excluding hydrogens is 406 g/mol. The van der Waals surface area contributed by atoms with Gasteiger partial charge in [0, 0.05) is 28.3 Å². The average Bonchev–Trinajstić information content (AvgIpc) is 3.15. The van der Waals surface area contributed by atoms with Gasteiger partial charge >= 0.3 is 5.97 Å². The Morgan fingerprint density at radius 2 is 1.75 bits per heavy atom. The van der Waals surface area contributed by atoms with Gasteiger partial charge in [-0.3, -0.25) is 9.59 Å². The summed E-state index contributed by atoms with van der Waals surface area (Å²) in [6.45, 7) is 6.13. The lowest BCUT2D eigenvalue weighted by Gasteiger charge is -2.34. The number of benzene rings is 2. The number of anilines is 1. The molecule has 1 aliphatic carbocycles. The highest BCUT2D eigenvalue weighted by Gasteiger charge is 2.33. The van der Waals surface area contributed by atoms with Crippen LogP contribution in [0.5, 0.6) is 0 Å². The molecule has 168 valence electrons. The molecule has 3 aromatic rings. The first-order valence-electron chi connectivity index (χ1n) is 11.2. The number of rotatable bonds is 5. The Bertz CT molecular complexity index is 1180. The van der Waals surface area contributed by atoms with Crippen LogP contribution in [0.2, 0.25) is 0 Å². The summed E-state index contributed by atoms with van der Waals surface area (Å²) in [7, 11) is 1.33. The second-order valence-electron chi connectivity index (χ2n) is 9.09. The molecule has 0 bridgehead atoms. The van der Waals surface area contributed by atoms with E-state index in [0.29, 0.717) is 33.9 Å². The monoisotopic (exact) mass is 435 g/mol. The summed E-state index contributed by atoms with van der Waals surface area (Å²) >= 11 is 0. The predicted molar refractivity (Wildman–Crippen MR) is 124 cm³/mol. The van der Waals surface area contributed by atoms with Gasteiger partial charge in [0.15, 0.2) is 0 Å². The summed E-state index contributed by atoms with van der Waals surface area (Å²) in [5.74, 6) is 0.0971. The number of amides is 1. The highest BCUT2D eigenvalue weighted by molar-refractivity contribution is 6.13. The zero-order valence-electron chi connectivity index (χ0n) is 19.0. The van der Waals surface area contributed by atoms with E-state index < -0.39 is 5.97 Å². The van der Waals surface area contributed by atoms with Crippen molar-refractivity contribution < 1.29 is 23.5 Å². The number of ether oxygens (including phenoxy) is 1. The summed E-state index contributed by atoms with van der Waals surface area (Å²) in [5, 5.41) is 1.52. The molecule has 0 unspecified atom stereocenters.